The van der Waals surface area contributed by atoms with Gasteiger partial charge in [0.05, 0.1) is 0 Å². The van der Waals surface area contributed by atoms with Gasteiger partial charge in [-0.05, 0) is 19.9 Å². The third kappa shape index (κ3) is 2.77. The minimum Gasteiger partial charge on any atom is -0.350 e. The van der Waals surface area contributed by atoms with Crippen molar-refractivity contribution in [2.75, 3.05) is 6.54 Å². The summed E-state index contributed by atoms with van der Waals surface area (Å²) in [6.07, 6.45) is 5.80. The van der Waals surface area contributed by atoms with Gasteiger partial charge in [0.1, 0.15) is 11.5 Å². The molecule has 6 nitrogen and oxygen atoms in total. The molecule has 0 saturated heterocycles. The van der Waals surface area contributed by atoms with Crippen molar-refractivity contribution in [3.63, 3.8) is 0 Å². The van der Waals surface area contributed by atoms with E-state index in [1.807, 2.05) is 13.8 Å². The number of imidazole rings is 1. The van der Waals surface area contributed by atoms with E-state index in [0.29, 0.717) is 18.7 Å². The van der Waals surface area contributed by atoms with Crippen LogP contribution < -0.4 is 5.32 Å². The molecule has 0 spiro atoms. The Morgan fingerprint density at radius 1 is 1.50 bits per heavy atom. The number of nitrogens with zero attached hydrogens (tertiary/aromatic N) is 3. The van der Waals surface area contributed by atoms with Crippen molar-refractivity contribution in [2.45, 2.75) is 26.3 Å². The zero-order valence-electron chi connectivity index (χ0n) is 10.6. The van der Waals surface area contributed by atoms with E-state index in [-0.39, 0.29) is 11.9 Å². The van der Waals surface area contributed by atoms with Crippen LogP contribution in [0.5, 0.6) is 0 Å². The number of hydrogen-bond acceptors (Lipinski definition) is 3. The van der Waals surface area contributed by atoms with Crippen molar-refractivity contribution in [2.24, 2.45) is 0 Å². The van der Waals surface area contributed by atoms with Crippen LogP contribution in [0, 0.1) is 0 Å². The molecule has 0 fully saturated rings. The maximum Gasteiger partial charge on any atom is 0.269 e. The Kier molecular flexibility index (Phi) is 3.76. The highest BCUT2D eigenvalue weighted by Crippen LogP contribution is 2.07. The van der Waals surface area contributed by atoms with E-state index in [1.165, 1.54) is 0 Å². The van der Waals surface area contributed by atoms with Gasteiger partial charge in [0, 0.05) is 37.6 Å². The lowest BCUT2D eigenvalue weighted by atomic mass is 10.3. The summed E-state index contributed by atoms with van der Waals surface area (Å²) >= 11 is 0. The summed E-state index contributed by atoms with van der Waals surface area (Å²) in [6.45, 7) is 4.54. The first kappa shape index (κ1) is 12.3. The highest BCUT2D eigenvalue weighted by molar-refractivity contribution is 5.92. The topological polar surface area (TPSA) is 75.6 Å². The second-order valence-electron chi connectivity index (χ2n) is 4.30. The van der Waals surface area contributed by atoms with E-state index < -0.39 is 0 Å². The molecule has 18 heavy (non-hydrogen) atoms. The summed E-state index contributed by atoms with van der Waals surface area (Å²) in [6, 6.07) is 1.90. The third-order valence-corrected chi connectivity index (χ3v) is 2.59. The minimum absolute atomic E-state index is 0.104. The summed E-state index contributed by atoms with van der Waals surface area (Å²) in [5.74, 6) is 0.764. The van der Waals surface area contributed by atoms with Crippen LogP contribution in [0.4, 0.5) is 0 Å². The molecule has 0 atom stereocenters. The van der Waals surface area contributed by atoms with Gasteiger partial charge in [0.2, 0.25) is 0 Å². The second kappa shape index (κ2) is 5.48. The summed E-state index contributed by atoms with van der Waals surface area (Å²) in [5.41, 5.74) is 0.587. The van der Waals surface area contributed by atoms with Crippen molar-refractivity contribution in [1.29, 1.82) is 0 Å². The normalized spacial score (nSPS) is 10.8. The van der Waals surface area contributed by atoms with Gasteiger partial charge in [-0.2, -0.15) is 5.10 Å². The van der Waals surface area contributed by atoms with Crippen LogP contribution in [-0.2, 0) is 6.42 Å². The Bertz CT molecular complexity index is 500. The van der Waals surface area contributed by atoms with Gasteiger partial charge in [-0.25, -0.2) is 4.98 Å². The number of carbonyl (C=O) groups excluding carboxylic acids is 1. The fraction of sp³-hybridized carbons (Fsp3) is 0.417. The van der Waals surface area contributed by atoms with Crippen LogP contribution in [-0.4, -0.2) is 32.2 Å². The molecule has 1 amide bonds. The molecule has 2 aromatic rings. The first-order valence-electron chi connectivity index (χ1n) is 5.98. The minimum atomic E-state index is -0.104. The quantitative estimate of drug-likeness (QED) is 0.832. The zero-order chi connectivity index (χ0) is 13.0. The Morgan fingerprint density at radius 2 is 2.33 bits per heavy atom. The highest BCUT2D eigenvalue weighted by Gasteiger charge is 2.13. The smallest absolute Gasteiger partial charge is 0.269 e. The SMILES string of the molecule is CC(C)n1nccc1C(=O)NCCc1ncc[nH]1. The van der Waals surface area contributed by atoms with Gasteiger partial charge in [-0.1, -0.05) is 0 Å². The molecule has 2 N–H and O–H groups in total. The lowest BCUT2D eigenvalue weighted by molar-refractivity contribution is 0.0941. The lowest BCUT2D eigenvalue weighted by Gasteiger charge is -2.10. The van der Waals surface area contributed by atoms with Crippen LogP contribution in [0.3, 0.4) is 0 Å². The van der Waals surface area contributed by atoms with E-state index >= 15 is 0 Å². The van der Waals surface area contributed by atoms with E-state index in [9.17, 15) is 4.79 Å². The number of aromatic amines is 1. The highest BCUT2D eigenvalue weighted by atomic mass is 16.2. The average molecular weight is 247 g/mol. The standard InChI is InChI=1S/C12H17N5O/c1-9(2)17-10(3-6-16-17)12(18)15-5-4-11-13-7-8-14-11/h3,6-9H,4-5H2,1-2H3,(H,13,14)(H,15,18). The summed E-state index contributed by atoms with van der Waals surface area (Å²) in [5, 5.41) is 6.99. The van der Waals surface area contributed by atoms with Crippen molar-refractivity contribution in [3.8, 4) is 0 Å². The molecule has 0 aliphatic carbocycles. The first-order valence-corrected chi connectivity index (χ1v) is 5.98. The van der Waals surface area contributed by atoms with Gasteiger partial charge in [0.15, 0.2) is 0 Å². The Labute approximate surface area is 105 Å². The largest absolute Gasteiger partial charge is 0.350 e. The number of rotatable bonds is 5. The van der Waals surface area contributed by atoms with E-state index in [1.54, 1.807) is 29.3 Å². The molecule has 6 heteroatoms. The number of aromatic nitrogens is 4. The lowest BCUT2D eigenvalue weighted by Crippen LogP contribution is -2.28. The van der Waals surface area contributed by atoms with Gasteiger partial charge < -0.3 is 10.3 Å². The Hall–Kier alpha value is -2.11. The van der Waals surface area contributed by atoms with Gasteiger partial charge in [0.25, 0.3) is 5.91 Å². The maximum atomic E-state index is 12.0. The number of amides is 1. The van der Waals surface area contributed by atoms with Crippen LogP contribution in [0.25, 0.3) is 0 Å². The maximum absolute atomic E-state index is 12.0. The molecule has 0 radical (unpaired) electrons. The van der Waals surface area contributed by atoms with Gasteiger partial charge in [-0.3, -0.25) is 9.48 Å². The Morgan fingerprint density at radius 3 is 3.00 bits per heavy atom. The van der Waals surface area contributed by atoms with Crippen LogP contribution >= 0.6 is 0 Å². The van der Waals surface area contributed by atoms with Crippen molar-refractivity contribution in [1.82, 2.24) is 25.1 Å². The zero-order valence-corrected chi connectivity index (χ0v) is 10.6. The predicted octanol–water partition coefficient (Wildman–Crippen LogP) is 1.16. The fourth-order valence-electron chi connectivity index (χ4n) is 1.73. The fourth-order valence-corrected chi connectivity index (χ4v) is 1.73. The third-order valence-electron chi connectivity index (χ3n) is 2.59. The predicted molar refractivity (Wildman–Crippen MR) is 67.2 cm³/mol. The van der Waals surface area contributed by atoms with E-state index in [4.69, 9.17) is 0 Å². The van der Waals surface area contributed by atoms with Gasteiger partial charge >= 0.3 is 0 Å². The second-order valence-corrected chi connectivity index (χ2v) is 4.30. The summed E-state index contributed by atoms with van der Waals surface area (Å²) in [4.78, 5) is 19.0. The molecule has 0 aromatic carbocycles. The van der Waals surface area contributed by atoms with E-state index in [2.05, 4.69) is 20.4 Å². The van der Waals surface area contributed by atoms with Crippen LogP contribution in [0.1, 0.15) is 36.2 Å². The molecule has 0 aliphatic rings. The molecule has 2 aromatic heterocycles. The van der Waals surface area contributed by atoms with Gasteiger partial charge in [-0.15, -0.1) is 0 Å². The molecule has 0 bridgehead atoms. The number of H-pyrrole nitrogens is 1. The van der Waals surface area contributed by atoms with Crippen molar-refractivity contribution < 1.29 is 4.79 Å². The molecule has 0 saturated carbocycles. The summed E-state index contributed by atoms with van der Waals surface area (Å²) < 4.78 is 1.71. The number of carbonyl (C=O) groups is 1. The molecule has 0 unspecified atom stereocenters. The van der Waals surface area contributed by atoms with Crippen LogP contribution in [0.2, 0.25) is 0 Å². The molecule has 0 aliphatic heterocycles. The molecule has 2 heterocycles. The van der Waals surface area contributed by atoms with Crippen LogP contribution in [0.15, 0.2) is 24.7 Å². The van der Waals surface area contributed by atoms with Crippen molar-refractivity contribution >= 4 is 5.91 Å². The molecular weight excluding hydrogens is 230 g/mol. The Balaban J connectivity index is 1.89. The van der Waals surface area contributed by atoms with E-state index in [0.717, 1.165) is 5.82 Å². The number of hydrogen-bond donors (Lipinski definition) is 2. The molecular formula is C12H17N5O. The first-order chi connectivity index (χ1) is 8.68. The summed E-state index contributed by atoms with van der Waals surface area (Å²) in [7, 11) is 0. The monoisotopic (exact) mass is 247 g/mol. The molecule has 2 rings (SSSR count). The molecule has 96 valence electrons. The average Bonchev–Trinajstić information content (AvgIpc) is 2.99. The number of nitrogens with one attached hydrogen (secondary N) is 2. The van der Waals surface area contributed by atoms with Crippen molar-refractivity contribution in [3.05, 3.63) is 36.2 Å².